The van der Waals surface area contributed by atoms with Crippen molar-refractivity contribution in [2.75, 3.05) is 0 Å². The zero-order valence-corrected chi connectivity index (χ0v) is 7.54. The van der Waals surface area contributed by atoms with E-state index < -0.39 is 0 Å². The van der Waals surface area contributed by atoms with Gasteiger partial charge in [-0.05, 0) is 36.5 Å². The molecule has 0 aliphatic heterocycles. The molecule has 1 N–H and O–H groups in total. The Morgan fingerprint density at radius 2 is 2.20 bits per heavy atom. The molecule has 10 heavy (non-hydrogen) atoms. The van der Waals surface area contributed by atoms with Crippen molar-refractivity contribution >= 4 is 11.8 Å². The second-order valence-electron chi connectivity index (χ2n) is 4.07. The van der Waals surface area contributed by atoms with Gasteiger partial charge in [0.25, 0.3) is 0 Å². The van der Waals surface area contributed by atoms with Gasteiger partial charge in [0.2, 0.25) is 0 Å². The summed E-state index contributed by atoms with van der Waals surface area (Å²) in [6.07, 6.45) is 5.13. The van der Waals surface area contributed by atoms with Gasteiger partial charge in [-0.3, -0.25) is 0 Å². The molecule has 0 heterocycles. The molecule has 0 unspecified atom stereocenters. The molecule has 1 atom stereocenters. The molecule has 0 aromatic heterocycles. The van der Waals surface area contributed by atoms with Gasteiger partial charge in [0.15, 0.2) is 0 Å². The summed E-state index contributed by atoms with van der Waals surface area (Å²) in [4.78, 5) is 2.83. The molecule has 0 aromatic carbocycles. The van der Waals surface area contributed by atoms with E-state index in [1.165, 1.54) is 25.7 Å². The Bertz CT molecular complexity index is 112. The molecule has 0 bridgehead atoms. The van der Waals surface area contributed by atoms with E-state index in [9.17, 15) is 0 Å². The van der Waals surface area contributed by atoms with Crippen LogP contribution < -0.4 is 4.84 Å². The summed E-state index contributed by atoms with van der Waals surface area (Å²) in [5.74, 6) is 0. The van der Waals surface area contributed by atoms with Crippen molar-refractivity contribution in [2.45, 2.75) is 45.6 Å². The van der Waals surface area contributed by atoms with Crippen molar-refractivity contribution in [3.8, 4) is 0 Å². The van der Waals surface area contributed by atoms with Crippen molar-refractivity contribution in [1.82, 2.24) is 4.84 Å². The molecule has 60 valence electrons. The van der Waals surface area contributed by atoms with E-state index in [1.54, 1.807) is 0 Å². The summed E-state index contributed by atoms with van der Waals surface area (Å²) in [7, 11) is 0. The Morgan fingerprint density at radius 1 is 1.50 bits per heavy atom. The molecule has 1 nitrogen and oxygen atoms in total. The van der Waals surface area contributed by atoms with E-state index in [-0.39, 0.29) is 0 Å². The van der Waals surface area contributed by atoms with E-state index >= 15 is 0 Å². The number of hydrogen-bond donors (Lipinski definition) is 1. The molecule has 0 saturated heterocycles. The van der Waals surface area contributed by atoms with Crippen LogP contribution in [0.25, 0.3) is 0 Å². The third-order valence-corrected chi connectivity index (χ3v) is 2.67. The van der Waals surface area contributed by atoms with Crippen LogP contribution >= 0.6 is 11.8 Å². The predicted octanol–water partition coefficient (Wildman–Crippen LogP) is 2.70. The Morgan fingerprint density at radius 3 is 2.60 bits per heavy atom. The van der Waals surface area contributed by atoms with Crippen molar-refractivity contribution in [2.24, 2.45) is 5.41 Å². The summed E-state index contributed by atoms with van der Waals surface area (Å²) in [6, 6.07) is 0.547. The van der Waals surface area contributed by atoms with Gasteiger partial charge in [-0.1, -0.05) is 20.3 Å². The summed E-state index contributed by atoms with van der Waals surface area (Å²) in [6.45, 7) is 4.63. The lowest BCUT2D eigenvalue weighted by atomic mass is 9.75. The second-order valence-corrected chi connectivity index (χ2v) is 4.28. The van der Waals surface area contributed by atoms with Crippen molar-refractivity contribution in [3.05, 3.63) is 0 Å². The van der Waals surface area contributed by atoms with Crippen LogP contribution in [0.4, 0.5) is 0 Å². The van der Waals surface area contributed by atoms with E-state index in [2.05, 4.69) is 18.7 Å². The molecule has 1 aliphatic rings. The highest BCUT2D eigenvalue weighted by Gasteiger charge is 2.27. The third kappa shape index (κ3) is 2.14. The SMILES string of the molecule is CC1(C)CCC[C@H](NCl)C1. The average molecular weight is 162 g/mol. The van der Waals surface area contributed by atoms with Gasteiger partial charge in [0.05, 0.1) is 0 Å². The van der Waals surface area contributed by atoms with Crippen molar-refractivity contribution in [1.29, 1.82) is 0 Å². The monoisotopic (exact) mass is 161 g/mol. The van der Waals surface area contributed by atoms with Gasteiger partial charge < -0.3 is 0 Å². The van der Waals surface area contributed by atoms with Gasteiger partial charge in [-0.15, -0.1) is 0 Å². The smallest absolute Gasteiger partial charge is 0.0226 e. The lowest BCUT2D eigenvalue weighted by Crippen LogP contribution is -2.32. The standard InChI is InChI=1S/C8H16ClN/c1-8(2)5-3-4-7(6-8)10-9/h7,10H,3-6H2,1-2H3/t7-/m0/s1. The Balaban J connectivity index is 2.40. The Hall–Kier alpha value is 0.250. The quantitative estimate of drug-likeness (QED) is 0.584. The number of nitrogens with one attached hydrogen (secondary N) is 1. The largest absolute Gasteiger partial charge is 0.230 e. The van der Waals surface area contributed by atoms with Gasteiger partial charge >= 0.3 is 0 Å². The van der Waals surface area contributed by atoms with Gasteiger partial charge in [0, 0.05) is 6.04 Å². The maximum Gasteiger partial charge on any atom is 0.0226 e. The summed E-state index contributed by atoms with van der Waals surface area (Å²) >= 11 is 5.56. The van der Waals surface area contributed by atoms with Crippen LogP contribution in [0.1, 0.15) is 39.5 Å². The van der Waals surface area contributed by atoms with Gasteiger partial charge in [-0.2, -0.15) is 0 Å². The van der Waals surface area contributed by atoms with Crippen LogP contribution in [0.3, 0.4) is 0 Å². The van der Waals surface area contributed by atoms with Crippen molar-refractivity contribution in [3.63, 3.8) is 0 Å². The lowest BCUT2D eigenvalue weighted by Gasteiger charge is -2.34. The molecule has 1 fully saturated rings. The molecule has 2 heteroatoms. The Kier molecular flexibility index (Phi) is 2.59. The van der Waals surface area contributed by atoms with Crippen LogP contribution in [0, 0.1) is 5.41 Å². The van der Waals surface area contributed by atoms with Crippen LogP contribution in [0.15, 0.2) is 0 Å². The molecular formula is C8H16ClN. The maximum absolute atomic E-state index is 5.56. The first-order valence-electron chi connectivity index (χ1n) is 4.00. The number of halogens is 1. The normalized spacial score (nSPS) is 32.1. The van der Waals surface area contributed by atoms with E-state index in [4.69, 9.17) is 11.8 Å². The zero-order chi connectivity index (χ0) is 7.61. The molecule has 0 amide bonds. The first-order chi connectivity index (χ1) is 4.64. The highest BCUT2D eigenvalue weighted by atomic mass is 35.5. The van der Waals surface area contributed by atoms with E-state index in [0.29, 0.717) is 11.5 Å². The predicted molar refractivity (Wildman–Crippen MR) is 45.0 cm³/mol. The molecule has 1 aliphatic carbocycles. The minimum absolute atomic E-state index is 0.505. The van der Waals surface area contributed by atoms with Crippen LogP contribution in [-0.2, 0) is 0 Å². The Labute approximate surface area is 68.3 Å². The summed E-state index contributed by atoms with van der Waals surface area (Å²) in [5, 5.41) is 0. The fraction of sp³-hybridized carbons (Fsp3) is 1.00. The summed E-state index contributed by atoms with van der Waals surface area (Å²) < 4.78 is 0. The molecule has 1 saturated carbocycles. The fourth-order valence-corrected chi connectivity index (χ4v) is 1.98. The minimum atomic E-state index is 0.505. The molecule has 0 spiro atoms. The van der Waals surface area contributed by atoms with Gasteiger partial charge in [0.1, 0.15) is 0 Å². The van der Waals surface area contributed by atoms with E-state index in [1.807, 2.05) is 0 Å². The average Bonchev–Trinajstić information content (AvgIpc) is 1.86. The first kappa shape index (κ1) is 8.35. The molecule has 0 aromatic rings. The molecule has 1 rings (SSSR count). The topological polar surface area (TPSA) is 12.0 Å². The maximum atomic E-state index is 5.56. The lowest BCUT2D eigenvalue weighted by molar-refractivity contribution is 0.213. The third-order valence-electron chi connectivity index (χ3n) is 2.36. The second kappa shape index (κ2) is 3.10. The highest BCUT2D eigenvalue weighted by Crippen LogP contribution is 2.35. The van der Waals surface area contributed by atoms with Crippen LogP contribution in [0.5, 0.6) is 0 Å². The van der Waals surface area contributed by atoms with Gasteiger partial charge in [-0.25, -0.2) is 4.84 Å². The van der Waals surface area contributed by atoms with Crippen molar-refractivity contribution < 1.29 is 0 Å². The number of hydrogen-bond acceptors (Lipinski definition) is 1. The highest BCUT2D eigenvalue weighted by molar-refractivity contribution is 6.13. The van der Waals surface area contributed by atoms with Crippen LogP contribution in [0.2, 0.25) is 0 Å². The molecular weight excluding hydrogens is 146 g/mol. The summed E-state index contributed by atoms with van der Waals surface area (Å²) in [5.41, 5.74) is 0.505. The number of rotatable bonds is 1. The van der Waals surface area contributed by atoms with E-state index in [0.717, 1.165) is 0 Å². The zero-order valence-electron chi connectivity index (χ0n) is 6.78. The fourth-order valence-electron chi connectivity index (χ4n) is 1.79. The van der Waals surface area contributed by atoms with Crippen LogP contribution in [-0.4, -0.2) is 6.04 Å². The minimum Gasteiger partial charge on any atom is -0.230 e. The first-order valence-corrected chi connectivity index (χ1v) is 4.38. The molecule has 0 radical (unpaired) electrons.